The molecule has 1 aromatic carbocycles. The number of carbonyl (C=O) groups is 1. The highest BCUT2D eigenvalue weighted by Crippen LogP contribution is 2.25. The van der Waals surface area contributed by atoms with Crippen molar-refractivity contribution in [1.29, 1.82) is 0 Å². The van der Waals surface area contributed by atoms with Gasteiger partial charge in [0, 0.05) is 6.54 Å². The lowest BCUT2D eigenvalue weighted by Gasteiger charge is -2.24. The molecule has 0 heterocycles. The fraction of sp³-hybridized carbons (Fsp3) is 0.462. The zero-order chi connectivity index (χ0) is 13.8. The fourth-order valence-electron chi connectivity index (χ4n) is 1.38. The molecule has 0 fully saturated rings. The summed E-state index contributed by atoms with van der Waals surface area (Å²) in [5, 5.41) is 4.12. The van der Waals surface area contributed by atoms with E-state index in [0.717, 1.165) is 5.56 Å². The van der Waals surface area contributed by atoms with Crippen molar-refractivity contribution in [2.24, 2.45) is 0 Å². The van der Waals surface area contributed by atoms with Crippen LogP contribution in [0.3, 0.4) is 0 Å². The molecule has 0 amide bonds. The Morgan fingerprint density at radius 3 is 2.67 bits per heavy atom. The first-order chi connectivity index (χ1) is 8.38. The van der Waals surface area contributed by atoms with Crippen molar-refractivity contribution < 1.29 is 9.53 Å². The average molecular weight is 290 g/mol. The van der Waals surface area contributed by atoms with Gasteiger partial charge in [0.2, 0.25) is 0 Å². The Kier molecular flexibility index (Phi) is 5.45. The van der Waals surface area contributed by atoms with Gasteiger partial charge < -0.3 is 4.74 Å². The molecule has 0 aliphatic heterocycles. The maximum absolute atomic E-state index is 11.7. The Morgan fingerprint density at radius 2 is 2.06 bits per heavy atom. The molecule has 0 aliphatic carbocycles. The lowest BCUT2D eigenvalue weighted by molar-refractivity contribution is -0.149. The van der Waals surface area contributed by atoms with Crippen LogP contribution < -0.4 is 5.32 Å². The van der Waals surface area contributed by atoms with Crippen LogP contribution in [0.1, 0.15) is 26.3 Å². The number of nitrogens with one attached hydrogen (secondary N) is 1. The van der Waals surface area contributed by atoms with Gasteiger partial charge in [-0.25, -0.2) is 0 Å². The summed E-state index contributed by atoms with van der Waals surface area (Å²) in [6.07, 6.45) is 0. The molecule has 100 valence electrons. The summed E-state index contributed by atoms with van der Waals surface area (Å²) in [6, 6.07) is 5.41. The second-order valence-electron chi connectivity index (χ2n) is 4.41. The van der Waals surface area contributed by atoms with Gasteiger partial charge in [0.25, 0.3) is 0 Å². The minimum atomic E-state index is -0.762. The molecule has 1 N–H and O–H groups in total. The van der Waals surface area contributed by atoms with Crippen LogP contribution in [0.4, 0.5) is 0 Å². The van der Waals surface area contributed by atoms with E-state index in [2.05, 4.69) is 5.32 Å². The van der Waals surface area contributed by atoms with E-state index in [1.54, 1.807) is 26.8 Å². The molecule has 0 aromatic heterocycles. The van der Waals surface area contributed by atoms with Crippen molar-refractivity contribution in [3.8, 4) is 0 Å². The average Bonchev–Trinajstić information content (AvgIpc) is 2.31. The van der Waals surface area contributed by atoms with Gasteiger partial charge in [-0.2, -0.15) is 0 Å². The van der Waals surface area contributed by atoms with Crippen LogP contribution in [0.2, 0.25) is 10.0 Å². The summed E-state index contributed by atoms with van der Waals surface area (Å²) in [4.78, 5) is 11.7. The SMILES string of the molecule is CCOC(=O)C(C)(C)NCc1cccc(Cl)c1Cl. The maximum atomic E-state index is 11.7. The Balaban J connectivity index is 2.70. The number of hydrogen-bond donors (Lipinski definition) is 1. The fourth-order valence-corrected chi connectivity index (χ4v) is 1.77. The normalized spacial score (nSPS) is 11.4. The number of carbonyl (C=O) groups excluding carboxylic acids is 1. The molecular weight excluding hydrogens is 273 g/mol. The summed E-state index contributed by atoms with van der Waals surface area (Å²) in [7, 11) is 0. The number of halogens is 2. The van der Waals surface area contributed by atoms with E-state index in [9.17, 15) is 4.79 Å². The molecule has 0 spiro atoms. The van der Waals surface area contributed by atoms with E-state index in [0.29, 0.717) is 23.2 Å². The van der Waals surface area contributed by atoms with E-state index in [4.69, 9.17) is 27.9 Å². The largest absolute Gasteiger partial charge is 0.465 e. The lowest BCUT2D eigenvalue weighted by Crippen LogP contribution is -2.47. The number of ether oxygens (including phenoxy) is 1. The summed E-state index contributed by atoms with van der Waals surface area (Å²) in [5.74, 6) is -0.289. The number of benzene rings is 1. The minimum Gasteiger partial charge on any atom is -0.465 e. The molecule has 0 radical (unpaired) electrons. The quantitative estimate of drug-likeness (QED) is 0.844. The first-order valence-electron chi connectivity index (χ1n) is 5.73. The predicted molar refractivity (Wildman–Crippen MR) is 74.0 cm³/mol. The van der Waals surface area contributed by atoms with Crippen LogP contribution in [-0.4, -0.2) is 18.1 Å². The summed E-state index contributed by atoms with van der Waals surface area (Å²) in [6.45, 7) is 6.13. The molecule has 0 saturated carbocycles. The molecule has 5 heteroatoms. The summed E-state index contributed by atoms with van der Waals surface area (Å²) >= 11 is 12.0. The van der Waals surface area contributed by atoms with E-state index >= 15 is 0 Å². The third kappa shape index (κ3) is 3.87. The highest BCUT2D eigenvalue weighted by atomic mass is 35.5. The van der Waals surface area contributed by atoms with Crippen LogP contribution in [-0.2, 0) is 16.1 Å². The number of hydrogen-bond acceptors (Lipinski definition) is 3. The number of rotatable bonds is 5. The molecule has 0 unspecified atom stereocenters. The van der Waals surface area contributed by atoms with E-state index in [1.807, 2.05) is 12.1 Å². The van der Waals surface area contributed by atoms with Crippen LogP contribution in [0.15, 0.2) is 18.2 Å². The molecule has 1 rings (SSSR count). The monoisotopic (exact) mass is 289 g/mol. The smallest absolute Gasteiger partial charge is 0.325 e. The molecule has 0 saturated heterocycles. The van der Waals surface area contributed by atoms with Crippen LogP contribution in [0, 0.1) is 0 Å². The highest BCUT2D eigenvalue weighted by molar-refractivity contribution is 6.42. The van der Waals surface area contributed by atoms with Gasteiger partial charge in [-0.05, 0) is 32.4 Å². The highest BCUT2D eigenvalue weighted by Gasteiger charge is 2.28. The minimum absolute atomic E-state index is 0.289. The third-order valence-corrected chi connectivity index (χ3v) is 3.40. The topological polar surface area (TPSA) is 38.3 Å². The van der Waals surface area contributed by atoms with Gasteiger partial charge in [-0.3, -0.25) is 10.1 Å². The molecular formula is C13H17Cl2NO2. The van der Waals surface area contributed by atoms with Crippen molar-refractivity contribution in [3.63, 3.8) is 0 Å². The number of esters is 1. The van der Waals surface area contributed by atoms with Crippen molar-refractivity contribution in [3.05, 3.63) is 33.8 Å². The van der Waals surface area contributed by atoms with Gasteiger partial charge in [0.1, 0.15) is 5.54 Å². The van der Waals surface area contributed by atoms with Gasteiger partial charge in [-0.15, -0.1) is 0 Å². The molecule has 3 nitrogen and oxygen atoms in total. The van der Waals surface area contributed by atoms with Crippen molar-refractivity contribution in [2.75, 3.05) is 6.61 Å². The van der Waals surface area contributed by atoms with Crippen LogP contribution in [0.25, 0.3) is 0 Å². The second kappa shape index (κ2) is 6.41. The maximum Gasteiger partial charge on any atom is 0.325 e. The first kappa shape index (κ1) is 15.3. The Labute approximate surface area is 117 Å². The Hall–Kier alpha value is -0.770. The predicted octanol–water partition coefficient (Wildman–Crippen LogP) is 3.42. The zero-order valence-corrected chi connectivity index (χ0v) is 12.2. The van der Waals surface area contributed by atoms with Gasteiger partial charge >= 0.3 is 5.97 Å². The molecule has 1 aromatic rings. The molecule has 18 heavy (non-hydrogen) atoms. The molecule has 0 bridgehead atoms. The van der Waals surface area contributed by atoms with Crippen molar-refractivity contribution >= 4 is 29.2 Å². The van der Waals surface area contributed by atoms with Gasteiger partial charge in [0.15, 0.2) is 0 Å². The summed E-state index contributed by atoms with van der Waals surface area (Å²) < 4.78 is 4.99. The zero-order valence-electron chi connectivity index (χ0n) is 10.7. The van der Waals surface area contributed by atoms with E-state index in [-0.39, 0.29) is 5.97 Å². The second-order valence-corrected chi connectivity index (χ2v) is 5.20. The van der Waals surface area contributed by atoms with Crippen molar-refractivity contribution in [1.82, 2.24) is 5.32 Å². The van der Waals surface area contributed by atoms with Gasteiger partial charge in [0.05, 0.1) is 16.7 Å². The molecule has 0 aliphatic rings. The van der Waals surface area contributed by atoms with Crippen LogP contribution in [0.5, 0.6) is 0 Å². The Morgan fingerprint density at radius 1 is 1.39 bits per heavy atom. The molecule has 0 atom stereocenters. The standard InChI is InChI=1S/C13H17Cl2NO2/c1-4-18-12(17)13(2,3)16-8-9-6-5-7-10(14)11(9)15/h5-7,16H,4,8H2,1-3H3. The third-order valence-electron chi connectivity index (χ3n) is 2.54. The Bertz CT molecular complexity index is 433. The first-order valence-corrected chi connectivity index (χ1v) is 6.49. The van der Waals surface area contributed by atoms with Crippen LogP contribution >= 0.6 is 23.2 Å². The van der Waals surface area contributed by atoms with Gasteiger partial charge in [-0.1, -0.05) is 35.3 Å². The van der Waals surface area contributed by atoms with E-state index < -0.39 is 5.54 Å². The lowest BCUT2D eigenvalue weighted by atomic mass is 10.1. The van der Waals surface area contributed by atoms with E-state index in [1.165, 1.54) is 0 Å². The summed E-state index contributed by atoms with van der Waals surface area (Å²) in [5.41, 5.74) is 0.0864. The van der Waals surface area contributed by atoms with Crippen molar-refractivity contribution in [2.45, 2.75) is 32.9 Å².